The maximum Gasteiger partial charge on any atom is 0.407 e. The first-order valence-electron chi connectivity index (χ1n) is 8.02. The minimum absolute atomic E-state index is 0.279. The molecule has 0 aromatic rings. The second-order valence-corrected chi connectivity index (χ2v) is 8.75. The highest BCUT2D eigenvalue weighted by atomic mass is 127. The number of carbonyl (C=O) groups is 1. The van der Waals surface area contributed by atoms with Gasteiger partial charge in [0.25, 0.3) is 0 Å². The summed E-state index contributed by atoms with van der Waals surface area (Å²) in [6.45, 7) is 8.80. The first kappa shape index (κ1) is 17.3. The predicted octanol–water partition coefficient (Wildman–Crippen LogP) is 3.48. The monoisotopic (exact) mass is 408 g/mol. The van der Waals surface area contributed by atoms with Crippen LogP contribution in [0.15, 0.2) is 0 Å². The van der Waals surface area contributed by atoms with Gasteiger partial charge in [0.1, 0.15) is 5.60 Å². The van der Waals surface area contributed by atoms with Crippen LogP contribution < -0.4 is 10.6 Å². The van der Waals surface area contributed by atoms with E-state index in [0.29, 0.717) is 12.0 Å². The van der Waals surface area contributed by atoms with Gasteiger partial charge in [-0.2, -0.15) is 0 Å². The molecule has 2 saturated heterocycles. The van der Waals surface area contributed by atoms with Gasteiger partial charge in [-0.15, -0.1) is 0 Å². The normalized spacial score (nSPS) is 36.1. The SMILES string of the molecule is C[C@H]1CC2C[C@@H](CNC(=O)OC(C)(C)C)CC(CI)(C1)N2. The Balaban J connectivity index is 1.87. The molecular weight excluding hydrogens is 379 g/mol. The van der Waals surface area contributed by atoms with Gasteiger partial charge in [-0.25, -0.2) is 4.79 Å². The fraction of sp³-hybridized carbons (Fsp3) is 0.938. The molecule has 21 heavy (non-hydrogen) atoms. The van der Waals surface area contributed by atoms with Gasteiger partial charge < -0.3 is 15.4 Å². The van der Waals surface area contributed by atoms with Crippen LogP contribution in [0.2, 0.25) is 0 Å². The summed E-state index contributed by atoms with van der Waals surface area (Å²) in [5.74, 6) is 1.37. The Kier molecular flexibility index (Phi) is 5.45. The van der Waals surface area contributed by atoms with Gasteiger partial charge >= 0.3 is 6.09 Å². The maximum atomic E-state index is 11.8. The van der Waals surface area contributed by atoms with E-state index in [0.717, 1.165) is 23.3 Å². The van der Waals surface area contributed by atoms with Gasteiger partial charge in [0, 0.05) is 22.6 Å². The number of fused-ring (bicyclic) bond motifs is 2. The molecule has 4 nitrogen and oxygen atoms in total. The molecule has 0 spiro atoms. The van der Waals surface area contributed by atoms with Crippen LogP contribution in [0.25, 0.3) is 0 Å². The van der Waals surface area contributed by atoms with Crippen molar-refractivity contribution in [3.63, 3.8) is 0 Å². The Bertz CT molecular complexity index is 379. The van der Waals surface area contributed by atoms with Gasteiger partial charge in [0.15, 0.2) is 0 Å². The number of alkyl carbamates (subject to hydrolysis) is 1. The van der Waals surface area contributed by atoms with Crippen LogP contribution in [0.5, 0.6) is 0 Å². The van der Waals surface area contributed by atoms with Crippen molar-refractivity contribution in [3.8, 4) is 0 Å². The van der Waals surface area contributed by atoms with E-state index in [4.69, 9.17) is 4.74 Å². The Morgan fingerprint density at radius 2 is 2.10 bits per heavy atom. The van der Waals surface area contributed by atoms with Crippen LogP contribution in [0, 0.1) is 11.8 Å². The summed E-state index contributed by atoms with van der Waals surface area (Å²) in [6, 6.07) is 0.614. The van der Waals surface area contributed by atoms with Crippen molar-refractivity contribution >= 4 is 28.7 Å². The van der Waals surface area contributed by atoms with Crippen LogP contribution in [-0.4, -0.2) is 34.2 Å². The Labute approximate surface area is 142 Å². The quantitative estimate of drug-likeness (QED) is 0.556. The highest BCUT2D eigenvalue weighted by Crippen LogP contribution is 2.40. The summed E-state index contributed by atoms with van der Waals surface area (Å²) in [6.07, 6.45) is 4.56. The van der Waals surface area contributed by atoms with Crippen molar-refractivity contribution in [2.24, 2.45) is 11.8 Å². The molecule has 0 radical (unpaired) electrons. The molecule has 0 aliphatic carbocycles. The fourth-order valence-corrected chi connectivity index (χ4v) is 4.81. The van der Waals surface area contributed by atoms with E-state index in [9.17, 15) is 4.79 Å². The number of alkyl halides is 1. The van der Waals surface area contributed by atoms with Crippen molar-refractivity contribution in [2.45, 2.75) is 70.6 Å². The lowest BCUT2D eigenvalue weighted by atomic mass is 9.69. The van der Waals surface area contributed by atoms with E-state index in [-0.39, 0.29) is 11.6 Å². The lowest BCUT2D eigenvalue weighted by molar-refractivity contribution is 0.0477. The van der Waals surface area contributed by atoms with Crippen molar-refractivity contribution in [3.05, 3.63) is 0 Å². The first-order chi connectivity index (χ1) is 9.71. The van der Waals surface area contributed by atoms with E-state index in [1.54, 1.807) is 0 Å². The topological polar surface area (TPSA) is 50.4 Å². The van der Waals surface area contributed by atoms with Gasteiger partial charge in [0.2, 0.25) is 0 Å². The number of rotatable bonds is 3. The summed E-state index contributed by atoms with van der Waals surface area (Å²) in [7, 11) is 0. The maximum absolute atomic E-state index is 11.8. The third-order valence-electron chi connectivity index (χ3n) is 4.42. The number of hydrogen-bond donors (Lipinski definition) is 2. The number of hydrogen-bond acceptors (Lipinski definition) is 3. The molecule has 0 saturated carbocycles. The zero-order chi connectivity index (χ0) is 15.7. The highest BCUT2D eigenvalue weighted by molar-refractivity contribution is 14.1. The molecule has 2 unspecified atom stereocenters. The first-order valence-corrected chi connectivity index (χ1v) is 9.54. The van der Waals surface area contributed by atoms with E-state index >= 15 is 0 Å². The Hall–Kier alpha value is -0.0400. The van der Waals surface area contributed by atoms with Crippen LogP contribution in [-0.2, 0) is 4.74 Å². The minimum atomic E-state index is -0.423. The van der Waals surface area contributed by atoms with Crippen LogP contribution in [0.1, 0.15) is 53.4 Å². The number of carbonyl (C=O) groups excluding carboxylic acids is 1. The largest absolute Gasteiger partial charge is 0.444 e. The summed E-state index contributed by atoms with van der Waals surface area (Å²) < 4.78 is 6.47. The molecule has 0 aromatic carbocycles. The van der Waals surface area contributed by atoms with E-state index in [1.807, 2.05) is 20.8 Å². The number of piperidine rings is 2. The number of nitrogens with one attached hydrogen (secondary N) is 2. The second-order valence-electron chi connectivity index (χ2n) is 7.99. The van der Waals surface area contributed by atoms with Crippen LogP contribution >= 0.6 is 22.6 Å². The fourth-order valence-electron chi connectivity index (χ4n) is 3.97. The number of amides is 1. The predicted molar refractivity (Wildman–Crippen MR) is 93.9 cm³/mol. The molecule has 5 heteroatoms. The zero-order valence-corrected chi connectivity index (χ0v) is 15.8. The molecular formula is C16H29IN2O2. The molecule has 2 N–H and O–H groups in total. The van der Waals surface area contributed by atoms with E-state index < -0.39 is 5.60 Å². The van der Waals surface area contributed by atoms with Crippen LogP contribution in [0.4, 0.5) is 4.79 Å². The summed E-state index contributed by atoms with van der Waals surface area (Å²) in [5, 5.41) is 6.81. The van der Waals surface area contributed by atoms with Gasteiger partial charge in [-0.05, 0) is 58.3 Å². The molecule has 2 rings (SSSR count). The van der Waals surface area contributed by atoms with Crippen molar-refractivity contribution < 1.29 is 9.53 Å². The van der Waals surface area contributed by atoms with Crippen molar-refractivity contribution in [1.82, 2.24) is 10.6 Å². The molecule has 2 aliphatic heterocycles. The average molecular weight is 408 g/mol. The van der Waals surface area contributed by atoms with E-state index in [2.05, 4.69) is 40.1 Å². The molecule has 4 atom stereocenters. The average Bonchev–Trinajstić information content (AvgIpc) is 2.33. The third kappa shape index (κ3) is 4.98. The molecule has 122 valence electrons. The van der Waals surface area contributed by atoms with E-state index in [1.165, 1.54) is 19.3 Å². The second kappa shape index (κ2) is 6.60. The summed E-state index contributed by atoms with van der Waals surface area (Å²) in [5.41, 5.74) is -0.144. The number of ether oxygens (including phenoxy) is 1. The van der Waals surface area contributed by atoms with Crippen LogP contribution in [0.3, 0.4) is 0 Å². The van der Waals surface area contributed by atoms with Crippen molar-refractivity contribution in [1.29, 1.82) is 0 Å². The summed E-state index contributed by atoms with van der Waals surface area (Å²) in [4.78, 5) is 11.8. The van der Waals surface area contributed by atoms with Gasteiger partial charge in [0.05, 0.1) is 0 Å². The number of halogens is 1. The van der Waals surface area contributed by atoms with Gasteiger partial charge in [-0.3, -0.25) is 0 Å². The molecule has 2 aliphatic rings. The Morgan fingerprint density at radius 1 is 1.38 bits per heavy atom. The minimum Gasteiger partial charge on any atom is -0.444 e. The molecule has 2 heterocycles. The standard InChI is InChI=1S/C16H29IN2O2/c1-11-5-13-6-12(8-16(7-11,10-17)19-13)9-18-14(20)21-15(2,3)4/h11-13,19H,5-10H2,1-4H3,(H,18,20)/t11-,12+,13?,16?/m0/s1. The highest BCUT2D eigenvalue weighted by Gasteiger charge is 2.44. The molecule has 2 bridgehead atoms. The third-order valence-corrected chi connectivity index (χ3v) is 5.88. The zero-order valence-electron chi connectivity index (χ0n) is 13.7. The molecule has 0 aromatic heterocycles. The Morgan fingerprint density at radius 3 is 2.71 bits per heavy atom. The van der Waals surface area contributed by atoms with Crippen molar-refractivity contribution in [2.75, 3.05) is 11.0 Å². The lowest BCUT2D eigenvalue weighted by Gasteiger charge is -2.51. The lowest BCUT2D eigenvalue weighted by Crippen LogP contribution is -2.62. The molecule has 1 amide bonds. The summed E-state index contributed by atoms with van der Waals surface area (Å²) >= 11 is 2.51. The van der Waals surface area contributed by atoms with Gasteiger partial charge in [-0.1, -0.05) is 29.5 Å². The molecule has 2 fully saturated rings. The smallest absolute Gasteiger partial charge is 0.407 e.